The van der Waals surface area contributed by atoms with Gasteiger partial charge in [0.2, 0.25) is 0 Å². The summed E-state index contributed by atoms with van der Waals surface area (Å²) in [6, 6.07) is 5.64. The van der Waals surface area contributed by atoms with Crippen LogP contribution in [-0.4, -0.2) is 77.5 Å². The lowest BCUT2D eigenvalue weighted by atomic mass is 9.78. The van der Waals surface area contributed by atoms with Crippen molar-refractivity contribution in [3.63, 3.8) is 0 Å². The minimum absolute atomic E-state index is 0.0214. The maximum absolute atomic E-state index is 13.5. The molecule has 1 spiro atoms. The fraction of sp³-hybridized carbons (Fsp3) is 0.458. The number of aromatic nitrogens is 3. The standard InChI is InChI=1S/C24H26ClN5O4/c25-19-5-15(30-9-24(10-30)11-33-12-24)2-4-17(19)21(32)18-6-26-22-20(18)23(28-13-27-22)29-14-1-3-16(7-31)34-8-14/h2,4-6,13-14,16,31H,1,3,7-12H2,(H2,26,27,28,29)/t14-,16+/m1/s1. The Morgan fingerprint density at radius 2 is 2.12 bits per heavy atom. The molecule has 178 valence electrons. The van der Waals surface area contributed by atoms with E-state index in [4.69, 9.17) is 21.1 Å². The number of aliphatic hydroxyl groups excluding tert-OH is 1. The fourth-order valence-corrected chi connectivity index (χ4v) is 5.32. The van der Waals surface area contributed by atoms with Crippen molar-refractivity contribution >= 4 is 39.9 Å². The van der Waals surface area contributed by atoms with Gasteiger partial charge in [0, 0.05) is 30.5 Å². The lowest BCUT2D eigenvalue weighted by Gasteiger charge is -2.56. The molecule has 3 aliphatic heterocycles. The second-order valence-corrected chi connectivity index (χ2v) is 9.95. The number of fused-ring (bicyclic) bond motifs is 1. The SMILES string of the molecule is O=C(c1ccc(N2CC3(COC3)C2)cc1Cl)c1c[nH]c2ncnc(N[C@@H]3CC[C@@H](CO)OC3)c12. The van der Waals surface area contributed by atoms with Crippen molar-refractivity contribution in [1.29, 1.82) is 0 Å². The molecule has 0 saturated carbocycles. The third-order valence-corrected chi connectivity index (χ3v) is 7.37. The number of nitrogens with one attached hydrogen (secondary N) is 2. The van der Waals surface area contributed by atoms with E-state index in [0.717, 1.165) is 44.8 Å². The summed E-state index contributed by atoms with van der Waals surface area (Å²) < 4.78 is 11.0. The first-order valence-corrected chi connectivity index (χ1v) is 11.9. The summed E-state index contributed by atoms with van der Waals surface area (Å²) in [5.41, 5.74) is 2.80. The number of ether oxygens (including phenoxy) is 2. The summed E-state index contributed by atoms with van der Waals surface area (Å²) in [6.45, 7) is 4.03. The van der Waals surface area contributed by atoms with Crippen LogP contribution in [0.25, 0.3) is 11.0 Å². The molecule has 10 heteroatoms. The molecule has 3 aromatic rings. The Labute approximate surface area is 201 Å². The molecule has 3 fully saturated rings. The molecule has 2 atom stereocenters. The predicted molar refractivity (Wildman–Crippen MR) is 128 cm³/mol. The van der Waals surface area contributed by atoms with Gasteiger partial charge in [-0.1, -0.05) is 11.6 Å². The van der Waals surface area contributed by atoms with Crippen molar-refractivity contribution in [3.8, 4) is 0 Å². The zero-order valence-corrected chi connectivity index (χ0v) is 19.3. The zero-order valence-electron chi connectivity index (χ0n) is 18.6. The molecular formula is C24H26ClN5O4. The molecule has 0 radical (unpaired) electrons. The van der Waals surface area contributed by atoms with Crippen LogP contribution in [0.15, 0.2) is 30.7 Å². The quantitative estimate of drug-likeness (QED) is 0.459. The number of ketones is 1. The Kier molecular flexibility index (Phi) is 5.44. The van der Waals surface area contributed by atoms with Crippen LogP contribution in [0.2, 0.25) is 5.02 Å². The normalized spacial score (nSPS) is 23.5. The van der Waals surface area contributed by atoms with Crippen molar-refractivity contribution in [2.75, 3.05) is 49.7 Å². The Morgan fingerprint density at radius 3 is 2.79 bits per heavy atom. The highest BCUT2D eigenvalue weighted by Gasteiger charge is 2.49. The van der Waals surface area contributed by atoms with Crippen LogP contribution in [0.1, 0.15) is 28.8 Å². The van der Waals surface area contributed by atoms with Crippen molar-refractivity contribution in [2.24, 2.45) is 5.41 Å². The summed E-state index contributed by atoms with van der Waals surface area (Å²) in [6.07, 6.45) is 4.59. The minimum Gasteiger partial charge on any atom is -0.394 e. The molecule has 5 heterocycles. The first-order valence-electron chi connectivity index (χ1n) is 11.5. The van der Waals surface area contributed by atoms with E-state index < -0.39 is 0 Å². The van der Waals surface area contributed by atoms with Gasteiger partial charge in [-0.25, -0.2) is 9.97 Å². The monoisotopic (exact) mass is 483 g/mol. The largest absolute Gasteiger partial charge is 0.394 e. The van der Waals surface area contributed by atoms with Crippen molar-refractivity contribution < 1.29 is 19.4 Å². The van der Waals surface area contributed by atoms with Crippen LogP contribution in [0.4, 0.5) is 11.5 Å². The highest BCUT2D eigenvalue weighted by atomic mass is 35.5. The number of aromatic amines is 1. The predicted octanol–water partition coefficient (Wildman–Crippen LogP) is 2.63. The van der Waals surface area contributed by atoms with Gasteiger partial charge in [-0.05, 0) is 31.0 Å². The van der Waals surface area contributed by atoms with Gasteiger partial charge in [0.15, 0.2) is 5.78 Å². The van der Waals surface area contributed by atoms with Crippen LogP contribution in [-0.2, 0) is 9.47 Å². The summed E-state index contributed by atoms with van der Waals surface area (Å²) in [7, 11) is 0. The van der Waals surface area contributed by atoms with E-state index in [-0.39, 0.29) is 24.5 Å². The van der Waals surface area contributed by atoms with E-state index in [1.165, 1.54) is 6.33 Å². The second kappa shape index (κ2) is 8.49. The van der Waals surface area contributed by atoms with Crippen LogP contribution in [0.3, 0.4) is 0 Å². The smallest absolute Gasteiger partial charge is 0.196 e. The Hall–Kier alpha value is -2.72. The second-order valence-electron chi connectivity index (χ2n) is 9.55. The van der Waals surface area contributed by atoms with Crippen molar-refractivity contribution in [1.82, 2.24) is 15.0 Å². The average Bonchev–Trinajstić information content (AvgIpc) is 3.23. The van der Waals surface area contributed by atoms with Crippen LogP contribution in [0.5, 0.6) is 0 Å². The number of hydrogen-bond acceptors (Lipinski definition) is 8. The molecule has 3 aliphatic rings. The van der Waals surface area contributed by atoms with Gasteiger partial charge in [-0.2, -0.15) is 0 Å². The molecular weight excluding hydrogens is 458 g/mol. The maximum Gasteiger partial charge on any atom is 0.196 e. The number of nitrogens with zero attached hydrogens (tertiary/aromatic N) is 3. The maximum atomic E-state index is 13.5. The topological polar surface area (TPSA) is 113 Å². The van der Waals surface area contributed by atoms with E-state index in [1.54, 1.807) is 12.3 Å². The van der Waals surface area contributed by atoms with Crippen LogP contribution < -0.4 is 10.2 Å². The zero-order chi connectivity index (χ0) is 23.3. The molecule has 1 aromatic carbocycles. The molecule has 34 heavy (non-hydrogen) atoms. The summed E-state index contributed by atoms with van der Waals surface area (Å²) >= 11 is 6.59. The molecule has 0 unspecified atom stereocenters. The fourth-order valence-electron chi connectivity index (χ4n) is 5.06. The van der Waals surface area contributed by atoms with E-state index in [1.807, 2.05) is 12.1 Å². The molecule has 3 saturated heterocycles. The van der Waals surface area contributed by atoms with E-state index in [0.29, 0.717) is 45.0 Å². The number of halogens is 1. The first-order chi connectivity index (χ1) is 16.5. The third kappa shape index (κ3) is 3.73. The van der Waals surface area contributed by atoms with Gasteiger partial charge >= 0.3 is 0 Å². The molecule has 0 amide bonds. The lowest BCUT2D eigenvalue weighted by Crippen LogP contribution is -2.66. The average molecular weight is 484 g/mol. The summed E-state index contributed by atoms with van der Waals surface area (Å²) in [5.74, 6) is 0.389. The van der Waals surface area contributed by atoms with Crippen LogP contribution >= 0.6 is 11.6 Å². The molecule has 0 bridgehead atoms. The van der Waals surface area contributed by atoms with Crippen LogP contribution in [0, 0.1) is 5.41 Å². The summed E-state index contributed by atoms with van der Waals surface area (Å²) in [4.78, 5) is 27.6. The first kappa shape index (κ1) is 21.8. The van der Waals surface area contributed by atoms with E-state index >= 15 is 0 Å². The lowest BCUT2D eigenvalue weighted by molar-refractivity contribution is -0.127. The van der Waals surface area contributed by atoms with E-state index in [9.17, 15) is 9.90 Å². The number of benzene rings is 1. The van der Waals surface area contributed by atoms with Crippen molar-refractivity contribution in [3.05, 3.63) is 46.9 Å². The number of aliphatic hydroxyl groups is 1. The Bertz CT molecular complexity index is 1230. The molecule has 6 rings (SSSR count). The number of rotatable bonds is 6. The molecule has 0 aliphatic carbocycles. The van der Waals surface area contributed by atoms with Gasteiger partial charge in [-0.15, -0.1) is 0 Å². The summed E-state index contributed by atoms with van der Waals surface area (Å²) in [5, 5.41) is 13.7. The number of anilines is 2. The van der Waals surface area contributed by atoms with Gasteiger partial charge < -0.3 is 29.8 Å². The number of hydrogen-bond donors (Lipinski definition) is 3. The number of carbonyl (C=O) groups is 1. The molecule has 9 nitrogen and oxygen atoms in total. The Balaban J connectivity index is 1.24. The van der Waals surface area contributed by atoms with Gasteiger partial charge in [0.25, 0.3) is 0 Å². The van der Waals surface area contributed by atoms with Gasteiger partial charge in [0.05, 0.1) is 60.0 Å². The number of carbonyl (C=O) groups excluding carboxylic acids is 1. The molecule has 2 aromatic heterocycles. The highest BCUT2D eigenvalue weighted by Crippen LogP contribution is 2.41. The Morgan fingerprint density at radius 1 is 1.26 bits per heavy atom. The van der Waals surface area contributed by atoms with Gasteiger partial charge in [-0.3, -0.25) is 4.79 Å². The highest BCUT2D eigenvalue weighted by molar-refractivity contribution is 6.36. The van der Waals surface area contributed by atoms with E-state index in [2.05, 4.69) is 25.2 Å². The third-order valence-electron chi connectivity index (χ3n) is 7.06. The minimum atomic E-state index is -0.187. The molecule has 3 N–H and O–H groups in total. The van der Waals surface area contributed by atoms with Crippen molar-refractivity contribution in [2.45, 2.75) is 25.0 Å². The number of H-pyrrole nitrogens is 1. The van der Waals surface area contributed by atoms with Gasteiger partial charge in [0.1, 0.15) is 17.8 Å².